The van der Waals surface area contributed by atoms with Crippen LogP contribution in [0.2, 0.25) is 0 Å². The minimum absolute atomic E-state index is 0.00795. The van der Waals surface area contributed by atoms with Gasteiger partial charge >= 0.3 is 0 Å². The minimum atomic E-state index is -0.573. The summed E-state index contributed by atoms with van der Waals surface area (Å²) in [4.78, 5) is 25.5. The monoisotopic (exact) mass is 369 g/mol. The van der Waals surface area contributed by atoms with Crippen molar-refractivity contribution in [3.8, 4) is 11.5 Å². The molecule has 0 aromatic heterocycles. The van der Waals surface area contributed by atoms with E-state index in [9.17, 15) is 14.9 Å². The van der Waals surface area contributed by atoms with E-state index in [0.717, 1.165) is 5.56 Å². The molecule has 8 nitrogen and oxygen atoms in total. The van der Waals surface area contributed by atoms with Gasteiger partial charge in [-0.3, -0.25) is 14.9 Å². The maximum atomic E-state index is 13.1. The van der Waals surface area contributed by atoms with Gasteiger partial charge in [0.1, 0.15) is 18.8 Å². The lowest BCUT2D eigenvalue weighted by atomic mass is 9.95. The van der Waals surface area contributed by atoms with E-state index in [1.807, 2.05) is 30.3 Å². The Kier molecular flexibility index (Phi) is 4.41. The molecule has 0 spiro atoms. The molecule has 0 aliphatic carbocycles. The maximum Gasteiger partial charge on any atom is 0.286 e. The molecule has 2 atom stereocenters. The van der Waals surface area contributed by atoms with Crippen LogP contribution in [0.3, 0.4) is 0 Å². The molecular formula is C19H19N3O5. The van der Waals surface area contributed by atoms with E-state index in [4.69, 9.17) is 15.2 Å². The average Bonchev–Trinajstić information content (AvgIpc) is 3.08. The van der Waals surface area contributed by atoms with Gasteiger partial charge in [0.2, 0.25) is 0 Å². The highest BCUT2D eigenvalue weighted by Crippen LogP contribution is 2.38. The van der Waals surface area contributed by atoms with E-state index < -0.39 is 10.8 Å². The molecular weight excluding hydrogens is 350 g/mol. The summed E-state index contributed by atoms with van der Waals surface area (Å²) in [5.74, 6) is 0.196. The second-order valence-electron chi connectivity index (χ2n) is 6.66. The normalized spacial score (nSPS) is 21.1. The van der Waals surface area contributed by atoms with Crippen LogP contribution in [0, 0.1) is 10.1 Å². The predicted molar refractivity (Wildman–Crippen MR) is 97.1 cm³/mol. The van der Waals surface area contributed by atoms with Gasteiger partial charge in [0.15, 0.2) is 11.5 Å². The van der Waals surface area contributed by atoms with E-state index in [-0.39, 0.29) is 29.0 Å². The Bertz CT molecular complexity index is 886. The number of likely N-dealkylation sites (tertiary alicyclic amines) is 1. The molecule has 2 aromatic carbocycles. The molecule has 2 N–H and O–H groups in total. The molecule has 0 bridgehead atoms. The van der Waals surface area contributed by atoms with Gasteiger partial charge in [0, 0.05) is 31.1 Å². The van der Waals surface area contributed by atoms with E-state index >= 15 is 0 Å². The third-order valence-electron chi connectivity index (χ3n) is 4.97. The molecule has 27 heavy (non-hydrogen) atoms. The van der Waals surface area contributed by atoms with E-state index in [1.54, 1.807) is 4.90 Å². The van der Waals surface area contributed by atoms with Gasteiger partial charge < -0.3 is 20.1 Å². The maximum absolute atomic E-state index is 13.1. The zero-order chi connectivity index (χ0) is 19.0. The Morgan fingerprint density at radius 2 is 1.78 bits per heavy atom. The van der Waals surface area contributed by atoms with Crippen LogP contribution < -0.4 is 15.2 Å². The van der Waals surface area contributed by atoms with Gasteiger partial charge in [0.05, 0.1) is 11.0 Å². The first-order valence-corrected chi connectivity index (χ1v) is 8.72. The number of nitrogens with two attached hydrogens (primary N) is 1. The fraction of sp³-hybridized carbons (Fsp3) is 0.316. The fourth-order valence-corrected chi connectivity index (χ4v) is 3.62. The lowest BCUT2D eigenvalue weighted by Crippen LogP contribution is -2.32. The molecule has 2 heterocycles. The largest absolute Gasteiger partial charge is 0.486 e. The van der Waals surface area contributed by atoms with Crippen LogP contribution in [0.4, 0.5) is 5.69 Å². The van der Waals surface area contributed by atoms with Crippen LogP contribution >= 0.6 is 0 Å². The Balaban J connectivity index is 1.64. The number of ether oxygens (including phenoxy) is 2. The Labute approximate surface area is 155 Å². The van der Waals surface area contributed by atoms with Crippen molar-refractivity contribution < 1.29 is 19.2 Å². The average molecular weight is 369 g/mol. The highest BCUT2D eigenvalue weighted by Gasteiger charge is 2.37. The quantitative estimate of drug-likeness (QED) is 0.654. The molecule has 0 unspecified atom stereocenters. The molecule has 140 valence electrons. The van der Waals surface area contributed by atoms with Crippen molar-refractivity contribution in [3.63, 3.8) is 0 Å². The molecule has 2 aliphatic rings. The van der Waals surface area contributed by atoms with Crippen molar-refractivity contribution in [2.24, 2.45) is 5.73 Å². The fourth-order valence-electron chi connectivity index (χ4n) is 3.62. The molecule has 1 fully saturated rings. The van der Waals surface area contributed by atoms with Crippen LogP contribution in [0.5, 0.6) is 11.5 Å². The Hall–Kier alpha value is -3.13. The molecule has 1 saturated heterocycles. The van der Waals surface area contributed by atoms with Crippen molar-refractivity contribution in [2.75, 3.05) is 26.3 Å². The number of nitrogens with zero attached hydrogens (tertiary/aromatic N) is 2. The van der Waals surface area contributed by atoms with Gasteiger partial charge in [-0.15, -0.1) is 0 Å². The second kappa shape index (κ2) is 6.88. The number of nitro benzene ring substituents is 1. The summed E-state index contributed by atoms with van der Waals surface area (Å²) in [6.07, 6.45) is 0. The van der Waals surface area contributed by atoms with Crippen molar-refractivity contribution in [3.05, 3.63) is 63.7 Å². The first kappa shape index (κ1) is 17.3. The number of carbonyl (C=O) groups is 1. The number of fused-ring (bicyclic) bond motifs is 1. The first-order chi connectivity index (χ1) is 13.0. The number of hydrogen-bond acceptors (Lipinski definition) is 6. The summed E-state index contributed by atoms with van der Waals surface area (Å²) in [5.41, 5.74) is 7.01. The molecule has 8 heteroatoms. The zero-order valence-electron chi connectivity index (χ0n) is 14.5. The van der Waals surface area contributed by atoms with Gasteiger partial charge in [-0.1, -0.05) is 30.3 Å². The Morgan fingerprint density at radius 3 is 2.44 bits per heavy atom. The summed E-state index contributed by atoms with van der Waals surface area (Å²) in [7, 11) is 0. The van der Waals surface area contributed by atoms with Gasteiger partial charge in [-0.25, -0.2) is 0 Å². The van der Waals surface area contributed by atoms with Crippen LogP contribution in [0.15, 0.2) is 42.5 Å². The van der Waals surface area contributed by atoms with Crippen molar-refractivity contribution >= 4 is 11.6 Å². The second-order valence-corrected chi connectivity index (χ2v) is 6.66. The van der Waals surface area contributed by atoms with Crippen molar-refractivity contribution in [1.82, 2.24) is 4.90 Å². The van der Waals surface area contributed by atoms with Gasteiger partial charge in [-0.2, -0.15) is 0 Å². The van der Waals surface area contributed by atoms with E-state index in [0.29, 0.717) is 32.1 Å². The molecule has 0 radical (unpaired) electrons. The molecule has 2 aliphatic heterocycles. The van der Waals surface area contributed by atoms with Crippen LogP contribution in [0.25, 0.3) is 0 Å². The van der Waals surface area contributed by atoms with Crippen LogP contribution in [-0.2, 0) is 0 Å². The number of benzene rings is 2. The standard InChI is InChI=1S/C19H19N3O5/c20-15-11-21(10-14(15)12-4-2-1-3-5-12)19(23)13-8-17-18(27-7-6-26-17)9-16(13)22(24)25/h1-5,8-9,14-15H,6-7,10-11,20H2/t14-,15+/m0/s1. The molecule has 2 aromatic rings. The summed E-state index contributed by atoms with van der Waals surface area (Å²) in [6, 6.07) is 12.2. The van der Waals surface area contributed by atoms with Crippen LogP contribution in [0.1, 0.15) is 21.8 Å². The number of nitro groups is 1. The first-order valence-electron chi connectivity index (χ1n) is 8.72. The van der Waals surface area contributed by atoms with Gasteiger partial charge in [0.25, 0.3) is 11.6 Å². The van der Waals surface area contributed by atoms with Gasteiger partial charge in [-0.05, 0) is 5.56 Å². The predicted octanol–water partition coefficient (Wildman–Crippen LogP) is 1.93. The van der Waals surface area contributed by atoms with Crippen molar-refractivity contribution in [1.29, 1.82) is 0 Å². The lowest BCUT2D eigenvalue weighted by molar-refractivity contribution is -0.385. The van der Waals surface area contributed by atoms with E-state index in [1.165, 1.54) is 12.1 Å². The van der Waals surface area contributed by atoms with Crippen LogP contribution in [-0.4, -0.2) is 48.1 Å². The highest BCUT2D eigenvalue weighted by atomic mass is 16.6. The summed E-state index contributed by atoms with van der Waals surface area (Å²) in [5, 5.41) is 11.5. The lowest BCUT2D eigenvalue weighted by Gasteiger charge is -2.21. The Morgan fingerprint density at radius 1 is 1.11 bits per heavy atom. The third kappa shape index (κ3) is 3.19. The third-order valence-corrected chi connectivity index (χ3v) is 4.97. The van der Waals surface area contributed by atoms with Crippen molar-refractivity contribution in [2.45, 2.75) is 12.0 Å². The molecule has 4 rings (SSSR count). The summed E-state index contributed by atoms with van der Waals surface area (Å²) < 4.78 is 10.9. The number of carbonyl (C=O) groups excluding carboxylic acids is 1. The number of rotatable bonds is 3. The smallest absolute Gasteiger partial charge is 0.286 e. The zero-order valence-corrected chi connectivity index (χ0v) is 14.5. The number of amides is 1. The minimum Gasteiger partial charge on any atom is -0.486 e. The molecule has 1 amide bonds. The summed E-state index contributed by atoms with van der Waals surface area (Å²) >= 11 is 0. The SMILES string of the molecule is N[C@@H]1CN(C(=O)c2cc3c(cc2[N+](=O)[O-])OCCO3)C[C@H]1c1ccccc1. The number of hydrogen-bond donors (Lipinski definition) is 1. The highest BCUT2D eigenvalue weighted by molar-refractivity contribution is 5.99. The topological polar surface area (TPSA) is 108 Å². The van der Waals surface area contributed by atoms with E-state index in [2.05, 4.69) is 0 Å². The molecule has 0 saturated carbocycles. The summed E-state index contributed by atoms with van der Waals surface area (Å²) in [6.45, 7) is 1.40.